The summed E-state index contributed by atoms with van der Waals surface area (Å²) in [6.45, 7) is 4.76. The van der Waals surface area contributed by atoms with Crippen LogP contribution in [0.2, 0.25) is 0 Å². The Morgan fingerprint density at radius 2 is 1.75 bits per heavy atom. The molecule has 3 aromatic rings. The van der Waals surface area contributed by atoms with Crippen molar-refractivity contribution in [2.45, 2.75) is 38.1 Å². The van der Waals surface area contributed by atoms with Crippen LogP contribution in [0.3, 0.4) is 0 Å². The third kappa shape index (κ3) is 4.29. The summed E-state index contributed by atoms with van der Waals surface area (Å²) in [6.07, 6.45) is 8.08. The molecule has 1 aromatic carbocycles. The zero-order chi connectivity index (χ0) is 21.9. The molecule has 0 unspecified atom stereocenters. The summed E-state index contributed by atoms with van der Waals surface area (Å²) in [6, 6.07) is 9.03. The van der Waals surface area contributed by atoms with Crippen LogP contribution in [0, 0.1) is 0 Å². The van der Waals surface area contributed by atoms with Crippen LogP contribution in [-0.2, 0) is 0 Å². The molecule has 170 valence electrons. The van der Waals surface area contributed by atoms with E-state index >= 15 is 0 Å². The normalized spacial score (nSPS) is 18.4. The molecular formula is C24H33N7O. The quantitative estimate of drug-likeness (QED) is 0.615. The molecule has 1 aliphatic carbocycles. The Bertz CT molecular complexity index is 1030. The van der Waals surface area contributed by atoms with E-state index in [1.807, 2.05) is 6.33 Å². The number of rotatable bonds is 6. The van der Waals surface area contributed by atoms with Crippen molar-refractivity contribution in [3.8, 4) is 11.4 Å². The molecule has 0 bridgehead atoms. The minimum atomic E-state index is 0.0455. The molecule has 1 aliphatic heterocycles. The number of piperazine rings is 1. The fraction of sp³-hybridized carbons (Fsp3) is 0.542. The smallest absolute Gasteiger partial charge is 0.166 e. The van der Waals surface area contributed by atoms with Gasteiger partial charge in [0.2, 0.25) is 0 Å². The van der Waals surface area contributed by atoms with E-state index in [2.05, 4.69) is 56.0 Å². The number of hydrogen-bond acceptors (Lipinski definition) is 7. The highest BCUT2D eigenvalue weighted by molar-refractivity contribution is 5.85. The highest BCUT2D eigenvalue weighted by Crippen LogP contribution is 2.33. The monoisotopic (exact) mass is 435 g/mol. The van der Waals surface area contributed by atoms with E-state index in [1.165, 1.54) is 37.8 Å². The third-order valence-electron chi connectivity index (χ3n) is 6.79. The van der Waals surface area contributed by atoms with Crippen LogP contribution in [0.5, 0.6) is 0 Å². The Labute approximate surface area is 189 Å². The van der Waals surface area contributed by atoms with Gasteiger partial charge in [0.05, 0.1) is 12.9 Å². The number of imidazole rings is 1. The maximum absolute atomic E-state index is 9.33. The van der Waals surface area contributed by atoms with E-state index in [-0.39, 0.29) is 6.61 Å². The summed E-state index contributed by atoms with van der Waals surface area (Å²) in [5.41, 5.74) is 3.90. The Morgan fingerprint density at radius 1 is 1.00 bits per heavy atom. The van der Waals surface area contributed by atoms with Gasteiger partial charge in [-0.05, 0) is 44.2 Å². The maximum Gasteiger partial charge on any atom is 0.166 e. The summed E-state index contributed by atoms with van der Waals surface area (Å²) >= 11 is 0. The predicted molar refractivity (Wildman–Crippen MR) is 128 cm³/mol. The minimum Gasteiger partial charge on any atom is -0.395 e. The number of fused-ring (bicyclic) bond motifs is 1. The molecule has 2 N–H and O–H groups in total. The van der Waals surface area contributed by atoms with Gasteiger partial charge < -0.3 is 24.8 Å². The number of aliphatic hydroxyl groups excluding tert-OH is 1. The zero-order valence-electron chi connectivity index (χ0n) is 18.9. The Balaban J connectivity index is 1.48. The van der Waals surface area contributed by atoms with Crippen molar-refractivity contribution in [2.75, 3.05) is 56.6 Å². The largest absolute Gasteiger partial charge is 0.395 e. The van der Waals surface area contributed by atoms with Crippen molar-refractivity contribution < 1.29 is 5.11 Å². The lowest BCUT2D eigenvalue weighted by Gasteiger charge is -2.34. The number of aliphatic hydroxyl groups is 1. The first-order valence-electron chi connectivity index (χ1n) is 11.9. The summed E-state index contributed by atoms with van der Waals surface area (Å²) in [5, 5.41) is 12.6. The van der Waals surface area contributed by atoms with Gasteiger partial charge in [0, 0.05) is 50.0 Å². The van der Waals surface area contributed by atoms with Crippen molar-refractivity contribution in [3.05, 3.63) is 30.6 Å². The van der Waals surface area contributed by atoms with Crippen molar-refractivity contribution >= 4 is 22.7 Å². The zero-order valence-corrected chi connectivity index (χ0v) is 18.9. The average molecular weight is 436 g/mol. The molecule has 0 amide bonds. The number of hydrogen-bond donors (Lipinski definition) is 2. The first kappa shape index (κ1) is 21.2. The summed E-state index contributed by atoms with van der Waals surface area (Å²) < 4.78 is 2.24. The van der Waals surface area contributed by atoms with Gasteiger partial charge in [-0.25, -0.2) is 15.0 Å². The van der Waals surface area contributed by atoms with Gasteiger partial charge in [-0.15, -0.1) is 0 Å². The van der Waals surface area contributed by atoms with Crippen molar-refractivity contribution in [3.63, 3.8) is 0 Å². The lowest BCUT2D eigenvalue weighted by molar-refractivity contribution is 0.311. The SMILES string of the molecule is CN1CCN(c2ccc(-c3nc(NCCO)c4ncn(C5CCCCC5)c4n3)cc2)CC1. The molecular weight excluding hydrogens is 402 g/mol. The number of nitrogens with one attached hydrogen (secondary N) is 1. The van der Waals surface area contributed by atoms with Gasteiger partial charge in [-0.2, -0.15) is 0 Å². The fourth-order valence-electron chi connectivity index (χ4n) is 4.86. The second kappa shape index (κ2) is 9.42. The van der Waals surface area contributed by atoms with Crippen LogP contribution in [0.4, 0.5) is 11.5 Å². The van der Waals surface area contributed by atoms with Crippen LogP contribution < -0.4 is 10.2 Å². The summed E-state index contributed by atoms with van der Waals surface area (Å²) in [7, 11) is 2.17. The minimum absolute atomic E-state index is 0.0455. The molecule has 0 atom stereocenters. The molecule has 2 aromatic heterocycles. The Kier molecular flexibility index (Phi) is 6.23. The van der Waals surface area contributed by atoms with Crippen molar-refractivity contribution in [1.82, 2.24) is 24.4 Å². The van der Waals surface area contributed by atoms with Gasteiger partial charge in [0.15, 0.2) is 17.3 Å². The van der Waals surface area contributed by atoms with Crippen LogP contribution >= 0.6 is 0 Å². The average Bonchev–Trinajstić information content (AvgIpc) is 3.28. The topological polar surface area (TPSA) is 82.3 Å². The van der Waals surface area contributed by atoms with Gasteiger partial charge in [-0.1, -0.05) is 19.3 Å². The van der Waals surface area contributed by atoms with Gasteiger partial charge in [0.25, 0.3) is 0 Å². The van der Waals surface area contributed by atoms with E-state index in [0.29, 0.717) is 24.2 Å². The van der Waals surface area contributed by atoms with Crippen LogP contribution in [-0.4, -0.2) is 75.9 Å². The number of benzene rings is 1. The third-order valence-corrected chi connectivity index (χ3v) is 6.79. The second-order valence-corrected chi connectivity index (χ2v) is 9.00. The first-order chi connectivity index (χ1) is 15.7. The molecule has 2 aliphatic rings. The second-order valence-electron chi connectivity index (χ2n) is 9.00. The molecule has 32 heavy (non-hydrogen) atoms. The molecule has 8 nitrogen and oxygen atoms in total. The van der Waals surface area contributed by atoms with E-state index < -0.39 is 0 Å². The summed E-state index contributed by atoms with van der Waals surface area (Å²) in [5.74, 6) is 1.39. The van der Waals surface area contributed by atoms with Crippen molar-refractivity contribution in [2.24, 2.45) is 0 Å². The maximum atomic E-state index is 9.33. The van der Waals surface area contributed by atoms with E-state index in [9.17, 15) is 5.11 Å². The number of nitrogens with zero attached hydrogens (tertiary/aromatic N) is 6. The molecule has 3 heterocycles. The van der Waals surface area contributed by atoms with Gasteiger partial charge in [-0.3, -0.25) is 0 Å². The Hall–Kier alpha value is -2.71. The lowest BCUT2D eigenvalue weighted by atomic mass is 9.95. The van der Waals surface area contributed by atoms with E-state index in [1.54, 1.807) is 0 Å². The van der Waals surface area contributed by atoms with Crippen LogP contribution in [0.15, 0.2) is 30.6 Å². The van der Waals surface area contributed by atoms with Crippen molar-refractivity contribution in [1.29, 1.82) is 0 Å². The number of anilines is 2. The van der Waals surface area contributed by atoms with Gasteiger partial charge >= 0.3 is 0 Å². The Morgan fingerprint density at radius 3 is 2.47 bits per heavy atom. The van der Waals surface area contributed by atoms with Gasteiger partial charge in [0.1, 0.15) is 5.52 Å². The molecule has 1 saturated heterocycles. The number of likely N-dealkylation sites (N-methyl/N-ethyl adjacent to an activating group) is 1. The van der Waals surface area contributed by atoms with E-state index in [4.69, 9.17) is 9.97 Å². The lowest BCUT2D eigenvalue weighted by Crippen LogP contribution is -2.44. The molecule has 5 rings (SSSR count). The molecule has 0 radical (unpaired) electrons. The van der Waals surface area contributed by atoms with E-state index in [0.717, 1.165) is 42.9 Å². The molecule has 8 heteroatoms. The standard InChI is InChI=1S/C24H33N7O/c1-29-12-14-30(15-13-29)19-9-7-18(8-10-19)22-27-23(25-11-16-32)21-24(28-22)31(17-26-21)20-5-3-2-4-6-20/h7-10,17,20,32H,2-6,11-16H2,1H3,(H,25,27,28). The molecule has 1 saturated carbocycles. The highest BCUT2D eigenvalue weighted by Gasteiger charge is 2.21. The predicted octanol–water partition coefficient (Wildman–Crippen LogP) is 3.15. The first-order valence-corrected chi connectivity index (χ1v) is 11.9. The number of aromatic nitrogens is 4. The van der Waals surface area contributed by atoms with Crippen LogP contribution in [0.25, 0.3) is 22.6 Å². The molecule has 0 spiro atoms. The van der Waals surface area contributed by atoms with Crippen LogP contribution in [0.1, 0.15) is 38.1 Å². The summed E-state index contributed by atoms with van der Waals surface area (Å²) in [4.78, 5) is 19.2. The molecule has 2 fully saturated rings. The highest BCUT2D eigenvalue weighted by atomic mass is 16.3. The fourth-order valence-corrected chi connectivity index (χ4v) is 4.86.